The fraction of sp³-hybridized carbons (Fsp3) is 0.375. The highest BCUT2D eigenvalue weighted by Crippen LogP contribution is 2.17. The van der Waals surface area contributed by atoms with Gasteiger partial charge in [0.1, 0.15) is 6.26 Å². The fourth-order valence-corrected chi connectivity index (χ4v) is 2.53. The molecule has 0 atom stereocenters. The number of hydrogen-bond acceptors (Lipinski definition) is 3. The average molecular weight is 284 g/mol. The standard InChI is InChI=1S/C16H20N4O/c1-17-16(20-9-5-6-10-20)18-11-14-12-21-15(19-14)13-7-3-2-4-8-13/h2-4,7-8,12H,5-6,9-11H2,1H3,(H,17,18). The van der Waals surface area contributed by atoms with E-state index < -0.39 is 0 Å². The third-order valence-electron chi connectivity index (χ3n) is 3.62. The summed E-state index contributed by atoms with van der Waals surface area (Å²) in [5, 5.41) is 3.35. The highest BCUT2D eigenvalue weighted by molar-refractivity contribution is 5.80. The highest BCUT2D eigenvalue weighted by Gasteiger charge is 2.16. The number of aromatic nitrogens is 1. The Balaban J connectivity index is 1.62. The molecule has 0 spiro atoms. The molecule has 0 unspecified atom stereocenters. The van der Waals surface area contributed by atoms with Gasteiger partial charge in [-0.2, -0.15) is 0 Å². The normalized spacial score (nSPS) is 15.5. The number of rotatable bonds is 3. The second-order valence-corrected chi connectivity index (χ2v) is 5.10. The Bertz CT molecular complexity index is 600. The van der Waals surface area contributed by atoms with Crippen LogP contribution in [0.4, 0.5) is 0 Å². The van der Waals surface area contributed by atoms with Gasteiger partial charge in [0.2, 0.25) is 5.89 Å². The van der Waals surface area contributed by atoms with Crippen LogP contribution in [-0.4, -0.2) is 36.0 Å². The van der Waals surface area contributed by atoms with Gasteiger partial charge in [-0.15, -0.1) is 0 Å². The Morgan fingerprint density at radius 1 is 1.29 bits per heavy atom. The van der Waals surface area contributed by atoms with Crippen LogP contribution in [-0.2, 0) is 6.54 Å². The van der Waals surface area contributed by atoms with Crippen molar-refractivity contribution in [2.75, 3.05) is 20.1 Å². The zero-order chi connectivity index (χ0) is 14.5. The summed E-state index contributed by atoms with van der Waals surface area (Å²) in [4.78, 5) is 11.1. The molecule has 0 amide bonds. The third-order valence-corrected chi connectivity index (χ3v) is 3.62. The molecular weight excluding hydrogens is 264 g/mol. The van der Waals surface area contributed by atoms with E-state index in [1.807, 2.05) is 37.4 Å². The van der Waals surface area contributed by atoms with Crippen LogP contribution in [0.3, 0.4) is 0 Å². The van der Waals surface area contributed by atoms with Gasteiger partial charge in [-0.25, -0.2) is 4.98 Å². The van der Waals surface area contributed by atoms with E-state index in [1.54, 1.807) is 6.26 Å². The highest BCUT2D eigenvalue weighted by atomic mass is 16.3. The maximum atomic E-state index is 5.54. The Labute approximate surface area is 124 Å². The van der Waals surface area contributed by atoms with Crippen molar-refractivity contribution in [1.29, 1.82) is 0 Å². The smallest absolute Gasteiger partial charge is 0.226 e. The van der Waals surface area contributed by atoms with Crippen molar-refractivity contribution in [2.45, 2.75) is 19.4 Å². The Morgan fingerprint density at radius 3 is 2.76 bits per heavy atom. The number of benzene rings is 1. The molecule has 1 fully saturated rings. The molecule has 0 radical (unpaired) electrons. The quantitative estimate of drug-likeness (QED) is 0.695. The number of aliphatic imine (C=N–C) groups is 1. The summed E-state index contributed by atoms with van der Waals surface area (Å²) in [5.74, 6) is 1.60. The first-order chi connectivity index (χ1) is 10.4. The zero-order valence-corrected chi connectivity index (χ0v) is 12.2. The SMILES string of the molecule is CN=C(NCc1coc(-c2ccccc2)n1)N1CCCC1. The molecule has 3 rings (SSSR count). The summed E-state index contributed by atoms with van der Waals surface area (Å²) in [6, 6.07) is 9.92. The molecule has 21 heavy (non-hydrogen) atoms. The lowest BCUT2D eigenvalue weighted by Gasteiger charge is -2.20. The Kier molecular flexibility index (Phi) is 4.19. The molecule has 110 valence electrons. The maximum Gasteiger partial charge on any atom is 0.226 e. The van der Waals surface area contributed by atoms with Gasteiger partial charge in [0.05, 0.1) is 12.2 Å². The summed E-state index contributed by atoms with van der Waals surface area (Å²) in [5.41, 5.74) is 1.88. The lowest BCUT2D eigenvalue weighted by atomic mass is 10.2. The van der Waals surface area contributed by atoms with Crippen LogP contribution in [0.1, 0.15) is 18.5 Å². The minimum Gasteiger partial charge on any atom is -0.444 e. The molecule has 5 nitrogen and oxygen atoms in total. The minimum absolute atomic E-state index is 0.625. The Hall–Kier alpha value is -2.30. The molecule has 1 aliphatic rings. The van der Waals surface area contributed by atoms with Crippen molar-refractivity contribution in [1.82, 2.24) is 15.2 Å². The number of nitrogens with one attached hydrogen (secondary N) is 1. The summed E-state index contributed by atoms with van der Waals surface area (Å²) in [7, 11) is 1.82. The second kappa shape index (κ2) is 6.43. The van der Waals surface area contributed by atoms with Crippen LogP contribution >= 0.6 is 0 Å². The predicted octanol–water partition coefficient (Wildman–Crippen LogP) is 2.51. The summed E-state index contributed by atoms with van der Waals surface area (Å²) < 4.78 is 5.54. The molecule has 0 aliphatic carbocycles. The van der Waals surface area contributed by atoms with Gasteiger partial charge in [-0.05, 0) is 25.0 Å². The summed E-state index contributed by atoms with van der Waals surface area (Å²) in [6.45, 7) is 2.78. The lowest BCUT2D eigenvalue weighted by molar-refractivity contribution is 0.492. The van der Waals surface area contributed by atoms with Gasteiger partial charge in [0.15, 0.2) is 5.96 Å². The number of oxazole rings is 1. The second-order valence-electron chi connectivity index (χ2n) is 5.10. The van der Waals surface area contributed by atoms with E-state index in [1.165, 1.54) is 12.8 Å². The first kappa shape index (κ1) is 13.7. The van der Waals surface area contributed by atoms with E-state index in [4.69, 9.17) is 4.42 Å². The van der Waals surface area contributed by atoms with Crippen molar-refractivity contribution in [2.24, 2.45) is 4.99 Å². The van der Waals surface area contributed by atoms with Crippen LogP contribution in [0.5, 0.6) is 0 Å². The topological polar surface area (TPSA) is 53.7 Å². The van der Waals surface area contributed by atoms with Gasteiger partial charge in [-0.3, -0.25) is 4.99 Å². The number of likely N-dealkylation sites (tertiary alicyclic amines) is 1. The van der Waals surface area contributed by atoms with E-state index in [2.05, 4.69) is 20.2 Å². The van der Waals surface area contributed by atoms with Crippen LogP contribution in [0.25, 0.3) is 11.5 Å². The van der Waals surface area contributed by atoms with Crippen molar-refractivity contribution < 1.29 is 4.42 Å². The van der Waals surface area contributed by atoms with E-state index >= 15 is 0 Å². The largest absolute Gasteiger partial charge is 0.444 e. The zero-order valence-electron chi connectivity index (χ0n) is 12.2. The minimum atomic E-state index is 0.625. The molecule has 1 aromatic heterocycles. The third kappa shape index (κ3) is 3.24. The van der Waals surface area contributed by atoms with Gasteiger partial charge in [0, 0.05) is 25.7 Å². The van der Waals surface area contributed by atoms with Gasteiger partial charge in [-0.1, -0.05) is 18.2 Å². The monoisotopic (exact) mass is 284 g/mol. The molecule has 2 heterocycles. The summed E-state index contributed by atoms with van der Waals surface area (Å²) >= 11 is 0. The van der Waals surface area contributed by atoms with Gasteiger partial charge < -0.3 is 14.6 Å². The van der Waals surface area contributed by atoms with E-state index in [0.717, 1.165) is 30.3 Å². The van der Waals surface area contributed by atoms with Crippen molar-refractivity contribution >= 4 is 5.96 Å². The first-order valence-electron chi connectivity index (χ1n) is 7.32. The molecular formula is C16H20N4O. The molecule has 5 heteroatoms. The van der Waals surface area contributed by atoms with Crippen LogP contribution in [0.15, 0.2) is 46.0 Å². The van der Waals surface area contributed by atoms with Crippen LogP contribution in [0, 0.1) is 0 Å². The number of hydrogen-bond donors (Lipinski definition) is 1. The molecule has 0 bridgehead atoms. The van der Waals surface area contributed by atoms with Gasteiger partial charge >= 0.3 is 0 Å². The van der Waals surface area contributed by atoms with Crippen LogP contribution < -0.4 is 5.32 Å². The van der Waals surface area contributed by atoms with Crippen molar-refractivity contribution in [3.63, 3.8) is 0 Å². The number of nitrogens with zero attached hydrogens (tertiary/aromatic N) is 3. The van der Waals surface area contributed by atoms with Crippen molar-refractivity contribution in [3.05, 3.63) is 42.3 Å². The molecule has 1 saturated heterocycles. The first-order valence-corrected chi connectivity index (χ1v) is 7.32. The van der Waals surface area contributed by atoms with E-state index in [0.29, 0.717) is 12.4 Å². The maximum absolute atomic E-state index is 5.54. The predicted molar refractivity (Wildman–Crippen MR) is 82.9 cm³/mol. The van der Waals surface area contributed by atoms with Crippen LogP contribution in [0.2, 0.25) is 0 Å². The Morgan fingerprint density at radius 2 is 2.05 bits per heavy atom. The molecule has 1 N–H and O–H groups in total. The summed E-state index contributed by atoms with van der Waals surface area (Å²) in [6.07, 6.45) is 4.18. The lowest BCUT2D eigenvalue weighted by Crippen LogP contribution is -2.39. The molecule has 0 saturated carbocycles. The molecule has 1 aliphatic heterocycles. The molecule has 2 aromatic rings. The number of guanidine groups is 1. The van der Waals surface area contributed by atoms with Gasteiger partial charge in [0.25, 0.3) is 0 Å². The van der Waals surface area contributed by atoms with Crippen molar-refractivity contribution in [3.8, 4) is 11.5 Å². The van der Waals surface area contributed by atoms with E-state index in [9.17, 15) is 0 Å². The molecule has 1 aromatic carbocycles. The fourth-order valence-electron chi connectivity index (χ4n) is 2.53. The van der Waals surface area contributed by atoms with E-state index in [-0.39, 0.29) is 0 Å². The average Bonchev–Trinajstić information content (AvgIpc) is 3.20.